The summed E-state index contributed by atoms with van der Waals surface area (Å²) in [5.41, 5.74) is 0.814. The predicted octanol–water partition coefficient (Wildman–Crippen LogP) is 3.70. The van der Waals surface area contributed by atoms with Crippen LogP contribution in [-0.2, 0) is 0 Å². The van der Waals surface area contributed by atoms with Crippen LogP contribution in [0.4, 0.5) is 0 Å². The Bertz CT molecular complexity index is 442. The Morgan fingerprint density at radius 1 is 1.28 bits per heavy atom. The standard InChI is InChI=1S/C16H22O2/c1-11-7-8-16(12(2)9-11)10-14(17)13-5-3-4-6-15(13)18-16/h3-6,11-12,14,17H,7-10H2,1-2H3/t11?,12?,14-,16?/m0/s1. The Morgan fingerprint density at radius 2 is 2.06 bits per heavy atom. The van der Waals surface area contributed by atoms with E-state index in [1.54, 1.807) is 0 Å². The number of para-hydroxylation sites is 1. The highest BCUT2D eigenvalue weighted by molar-refractivity contribution is 5.38. The van der Waals surface area contributed by atoms with Crippen molar-refractivity contribution in [3.05, 3.63) is 29.8 Å². The van der Waals surface area contributed by atoms with Crippen molar-refractivity contribution in [3.8, 4) is 5.75 Å². The maximum atomic E-state index is 10.4. The fraction of sp³-hybridized carbons (Fsp3) is 0.625. The lowest BCUT2D eigenvalue weighted by Crippen LogP contribution is -2.49. The molecule has 2 aliphatic rings. The van der Waals surface area contributed by atoms with Crippen LogP contribution in [0.3, 0.4) is 0 Å². The third kappa shape index (κ3) is 1.83. The van der Waals surface area contributed by atoms with Crippen LogP contribution in [-0.4, -0.2) is 10.7 Å². The zero-order valence-electron chi connectivity index (χ0n) is 11.2. The van der Waals surface area contributed by atoms with E-state index in [1.165, 1.54) is 12.8 Å². The van der Waals surface area contributed by atoms with E-state index in [9.17, 15) is 5.11 Å². The van der Waals surface area contributed by atoms with Crippen molar-refractivity contribution in [3.63, 3.8) is 0 Å². The third-order valence-corrected chi connectivity index (χ3v) is 4.84. The molecule has 0 amide bonds. The molecule has 1 heterocycles. The zero-order chi connectivity index (χ0) is 12.8. The molecule has 1 spiro atoms. The van der Waals surface area contributed by atoms with Crippen molar-refractivity contribution >= 4 is 0 Å². The van der Waals surface area contributed by atoms with Crippen molar-refractivity contribution in [2.45, 2.75) is 51.2 Å². The van der Waals surface area contributed by atoms with Crippen LogP contribution < -0.4 is 4.74 Å². The van der Waals surface area contributed by atoms with Gasteiger partial charge in [0.1, 0.15) is 11.4 Å². The van der Waals surface area contributed by atoms with Gasteiger partial charge < -0.3 is 9.84 Å². The Hall–Kier alpha value is -1.02. The van der Waals surface area contributed by atoms with E-state index in [0.717, 1.165) is 30.1 Å². The normalized spacial score (nSPS) is 39.2. The first-order chi connectivity index (χ1) is 8.61. The van der Waals surface area contributed by atoms with Crippen LogP contribution >= 0.6 is 0 Å². The summed E-state index contributed by atoms with van der Waals surface area (Å²) < 4.78 is 6.33. The molecular weight excluding hydrogens is 224 g/mol. The van der Waals surface area contributed by atoms with Gasteiger partial charge in [0.25, 0.3) is 0 Å². The first-order valence-corrected chi connectivity index (χ1v) is 7.07. The lowest BCUT2D eigenvalue weighted by Gasteiger charge is -2.48. The van der Waals surface area contributed by atoms with Crippen molar-refractivity contribution in [1.29, 1.82) is 0 Å². The Labute approximate surface area is 109 Å². The average molecular weight is 246 g/mol. The van der Waals surface area contributed by atoms with Gasteiger partial charge in [-0.05, 0) is 37.2 Å². The lowest BCUT2D eigenvalue weighted by molar-refractivity contribution is -0.0802. The summed E-state index contributed by atoms with van der Waals surface area (Å²) in [6.07, 6.45) is 3.86. The summed E-state index contributed by atoms with van der Waals surface area (Å²) in [4.78, 5) is 0. The fourth-order valence-corrected chi connectivity index (χ4v) is 3.67. The van der Waals surface area contributed by atoms with Crippen LogP contribution in [0.25, 0.3) is 0 Å². The Balaban J connectivity index is 1.93. The minimum Gasteiger partial charge on any atom is -0.487 e. The lowest BCUT2D eigenvalue weighted by atomic mass is 9.68. The molecule has 1 aliphatic carbocycles. The molecule has 1 aromatic carbocycles. The summed E-state index contributed by atoms with van der Waals surface area (Å²) in [5.74, 6) is 2.19. The molecule has 1 aromatic rings. The van der Waals surface area contributed by atoms with E-state index in [4.69, 9.17) is 4.74 Å². The monoisotopic (exact) mass is 246 g/mol. The summed E-state index contributed by atoms with van der Waals surface area (Å²) in [6, 6.07) is 7.92. The topological polar surface area (TPSA) is 29.5 Å². The number of aliphatic hydroxyl groups excluding tert-OH is 1. The number of rotatable bonds is 0. The van der Waals surface area contributed by atoms with Crippen molar-refractivity contribution in [2.24, 2.45) is 11.8 Å². The summed E-state index contributed by atoms with van der Waals surface area (Å²) in [5, 5.41) is 10.4. The number of ether oxygens (including phenoxy) is 1. The van der Waals surface area contributed by atoms with Gasteiger partial charge >= 0.3 is 0 Å². The zero-order valence-corrected chi connectivity index (χ0v) is 11.2. The molecule has 0 saturated heterocycles. The maximum Gasteiger partial charge on any atom is 0.125 e. The van der Waals surface area contributed by atoms with E-state index >= 15 is 0 Å². The van der Waals surface area contributed by atoms with Crippen LogP contribution in [0.2, 0.25) is 0 Å². The van der Waals surface area contributed by atoms with E-state index in [1.807, 2.05) is 24.3 Å². The molecule has 3 rings (SSSR count). The molecule has 0 bridgehead atoms. The highest BCUT2D eigenvalue weighted by Crippen LogP contribution is 2.49. The van der Waals surface area contributed by atoms with Gasteiger partial charge in [-0.15, -0.1) is 0 Å². The van der Waals surface area contributed by atoms with Crippen molar-refractivity contribution in [2.75, 3.05) is 0 Å². The molecule has 98 valence electrons. The second-order valence-corrected chi connectivity index (χ2v) is 6.21. The first kappa shape index (κ1) is 12.0. The molecule has 1 fully saturated rings. The van der Waals surface area contributed by atoms with Gasteiger partial charge in [0, 0.05) is 12.0 Å². The SMILES string of the molecule is CC1CCC2(C[C@H](O)c3ccccc3O2)C(C)C1. The van der Waals surface area contributed by atoms with Crippen LogP contribution in [0.1, 0.15) is 51.2 Å². The number of fused-ring (bicyclic) bond motifs is 1. The maximum absolute atomic E-state index is 10.4. The van der Waals surface area contributed by atoms with Crippen molar-refractivity contribution in [1.82, 2.24) is 0 Å². The van der Waals surface area contributed by atoms with Gasteiger partial charge in [-0.1, -0.05) is 32.0 Å². The van der Waals surface area contributed by atoms with Crippen LogP contribution in [0, 0.1) is 11.8 Å². The largest absolute Gasteiger partial charge is 0.487 e. The van der Waals surface area contributed by atoms with Crippen molar-refractivity contribution < 1.29 is 9.84 Å². The Morgan fingerprint density at radius 3 is 2.83 bits per heavy atom. The smallest absolute Gasteiger partial charge is 0.125 e. The summed E-state index contributed by atoms with van der Waals surface area (Å²) in [6.45, 7) is 4.59. The van der Waals surface area contributed by atoms with Gasteiger partial charge in [0.2, 0.25) is 0 Å². The molecule has 1 aliphatic heterocycles. The Kier molecular flexibility index (Phi) is 2.86. The molecule has 0 aromatic heterocycles. The molecule has 3 unspecified atom stereocenters. The predicted molar refractivity (Wildman–Crippen MR) is 71.6 cm³/mol. The number of benzene rings is 1. The van der Waals surface area contributed by atoms with Gasteiger partial charge in [0.05, 0.1) is 6.10 Å². The molecular formula is C16H22O2. The number of hydrogen-bond acceptors (Lipinski definition) is 2. The minimum absolute atomic E-state index is 0.139. The molecule has 0 radical (unpaired) electrons. The summed E-state index contributed by atoms with van der Waals surface area (Å²) >= 11 is 0. The van der Waals surface area contributed by atoms with Gasteiger partial charge in [0.15, 0.2) is 0 Å². The molecule has 2 nitrogen and oxygen atoms in total. The number of aliphatic hydroxyl groups is 1. The van der Waals surface area contributed by atoms with E-state index in [-0.39, 0.29) is 11.7 Å². The summed E-state index contributed by atoms with van der Waals surface area (Å²) in [7, 11) is 0. The fourth-order valence-electron chi connectivity index (χ4n) is 3.67. The second-order valence-electron chi connectivity index (χ2n) is 6.21. The van der Waals surface area contributed by atoms with Gasteiger partial charge in [-0.3, -0.25) is 0 Å². The van der Waals surface area contributed by atoms with Crippen LogP contribution in [0.5, 0.6) is 5.75 Å². The average Bonchev–Trinajstić information content (AvgIpc) is 2.35. The molecule has 4 atom stereocenters. The molecule has 1 N–H and O–H groups in total. The third-order valence-electron chi connectivity index (χ3n) is 4.84. The molecule has 18 heavy (non-hydrogen) atoms. The van der Waals surface area contributed by atoms with E-state index < -0.39 is 0 Å². The first-order valence-electron chi connectivity index (χ1n) is 7.07. The quantitative estimate of drug-likeness (QED) is 0.756. The minimum atomic E-state index is -0.370. The van der Waals surface area contributed by atoms with Crippen LogP contribution in [0.15, 0.2) is 24.3 Å². The highest BCUT2D eigenvalue weighted by Gasteiger charge is 2.46. The molecule has 2 heteroatoms. The molecule has 1 saturated carbocycles. The van der Waals surface area contributed by atoms with E-state index in [2.05, 4.69) is 13.8 Å². The number of hydrogen-bond donors (Lipinski definition) is 1. The van der Waals surface area contributed by atoms with Gasteiger partial charge in [-0.2, -0.15) is 0 Å². The second kappa shape index (κ2) is 4.27. The van der Waals surface area contributed by atoms with Gasteiger partial charge in [-0.25, -0.2) is 0 Å². The highest BCUT2D eigenvalue weighted by atomic mass is 16.5. The van der Waals surface area contributed by atoms with E-state index in [0.29, 0.717) is 5.92 Å².